The summed E-state index contributed by atoms with van der Waals surface area (Å²) in [5.41, 5.74) is 2.48. The first-order valence-electron chi connectivity index (χ1n) is 6.27. The number of unbranched alkanes of at least 4 members (excludes halogenated alkanes) is 1. The second-order valence-electron chi connectivity index (χ2n) is 4.23. The zero-order valence-corrected chi connectivity index (χ0v) is 11.6. The monoisotopic (exact) mass is 253 g/mol. The van der Waals surface area contributed by atoms with Gasteiger partial charge in [-0.1, -0.05) is 13.3 Å². The van der Waals surface area contributed by atoms with Crippen LogP contribution in [0.4, 0.5) is 17.8 Å². The van der Waals surface area contributed by atoms with Crippen LogP contribution < -0.4 is 21.1 Å². The average Bonchev–Trinajstić information content (AvgIpc) is 2.39. The lowest BCUT2D eigenvalue weighted by Gasteiger charge is -2.22. The molecule has 0 aliphatic carbocycles. The summed E-state index contributed by atoms with van der Waals surface area (Å²) in [6, 6.07) is 0. The third kappa shape index (κ3) is 3.69. The van der Waals surface area contributed by atoms with Gasteiger partial charge in [0, 0.05) is 27.2 Å². The van der Waals surface area contributed by atoms with Gasteiger partial charge in [0.2, 0.25) is 17.8 Å². The van der Waals surface area contributed by atoms with E-state index < -0.39 is 0 Å². The number of aromatic nitrogens is 3. The molecule has 0 saturated heterocycles. The van der Waals surface area contributed by atoms with E-state index in [-0.39, 0.29) is 0 Å². The van der Waals surface area contributed by atoms with Crippen LogP contribution in [0.1, 0.15) is 26.7 Å². The van der Waals surface area contributed by atoms with Gasteiger partial charge in [-0.25, -0.2) is 5.84 Å². The van der Waals surface area contributed by atoms with E-state index in [9.17, 15) is 0 Å². The molecule has 7 nitrogen and oxygen atoms in total. The third-order valence-corrected chi connectivity index (χ3v) is 2.59. The first-order valence-corrected chi connectivity index (χ1v) is 6.27. The Balaban J connectivity index is 3.00. The Labute approximate surface area is 108 Å². The van der Waals surface area contributed by atoms with Gasteiger partial charge >= 0.3 is 0 Å². The van der Waals surface area contributed by atoms with Crippen LogP contribution in [0, 0.1) is 0 Å². The van der Waals surface area contributed by atoms with Crippen LogP contribution in [0.5, 0.6) is 0 Å². The number of hydrogen-bond acceptors (Lipinski definition) is 7. The van der Waals surface area contributed by atoms with Crippen molar-refractivity contribution in [3.8, 4) is 0 Å². The first kappa shape index (κ1) is 14.4. The van der Waals surface area contributed by atoms with Crippen molar-refractivity contribution in [2.45, 2.75) is 26.7 Å². The van der Waals surface area contributed by atoms with Crippen LogP contribution in [0.3, 0.4) is 0 Å². The summed E-state index contributed by atoms with van der Waals surface area (Å²) in [5.74, 6) is 7.04. The summed E-state index contributed by atoms with van der Waals surface area (Å²) >= 11 is 0. The highest BCUT2D eigenvalue weighted by Crippen LogP contribution is 2.15. The van der Waals surface area contributed by atoms with E-state index in [0.29, 0.717) is 17.8 Å². The summed E-state index contributed by atoms with van der Waals surface area (Å²) in [6.07, 6.45) is 2.26. The number of nitrogens with two attached hydrogens (primary N) is 1. The highest BCUT2D eigenvalue weighted by molar-refractivity contribution is 5.43. The zero-order valence-electron chi connectivity index (χ0n) is 11.6. The molecular weight excluding hydrogens is 230 g/mol. The summed E-state index contributed by atoms with van der Waals surface area (Å²) < 4.78 is 0. The van der Waals surface area contributed by atoms with Gasteiger partial charge in [-0.05, 0) is 13.3 Å². The first-order chi connectivity index (χ1) is 8.62. The lowest BCUT2D eigenvalue weighted by Crippen LogP contribution is -2.28. The van der Waals surface area contributed by atoms with Crippen molar-refractivity contribution in [1.29, 1.82) is 0 Å². The summed E-state index contributed by atoms with van der Waals surface area (Å²) in [4.78, 5) is 16.9. The van der Waals surface area contributed by atoms with Crippen LogP contribution in [0.2, 0.25) is 0 Å². The van der Waals surface area contributed by atoms with Gasteiger partial charge in [-0.3, -0.25) is 5.43 Å². The lowest BCUT2D eigenvalue weighted by molar-refractivity contribution is 0.710. The molecule has 1 aromatic heterocycles. The Hall–Kier alpha value is -1.63. The molecule has 0 unspecified atom stereocenters. The van der Waals surface area contributed by atoms with Crippen LogP contribution in [0.25, 0.3) is 0 Å². The maximum atomic E-state index is 5.39. The Kier molecular flexibility index (Phi) is 5.57. The van der Waals surface area contributed by atoms with E-state index in [1.807, 2.05) is 19.0 Å². The minimum absolute atomic E-state index is 0.388. The molecule has 0 atom stereocenters. The summed E-state index contributed by atoms with van der Waals surface area (Å²) in [5, 5.41) is 0. The van der Waals surface area contributed by atoms with Crippen LogP contribution in [0.15, 0.2) is 0 Å². The number of hydrogen-bond donors (Lipinski definition) is 2. The molecule has 7 heteroatoms. The van der Waals surface area contributed by atoms with Gasteiger partial charge in [0.05, 0.1) is 0 Å². The quantitative estimate of drug-likeness (QED) is 0.550. The SMILES string of the molecule is CCCCN(CC)c1nc(NN)nc(N(C)C)n1. The topological polar surface area (TPSA) is 83.2 Å². The van der Waals surface area contributed by atoms with Crippen LogP contribution >= 0.6 is 0 Å². The van der Waals surface area contributed by atoms with Crippen LogP contribution in [-0.2, 0) is 0 Å². The number of nitrogens with one attached hydrogen (secondary N) is 1. The highest BCUT2D eigenvalue weighted by Gasteiger charge is 2.12. The van der Waals surface area contributed by atoms with Crippen molar-refractivity contribution in [2.75, 3.05) is 42.4 Å². The van der Waals surface area contributed by atoms with Gasteiger partial charge in [-0.2, -0.15) is 15.0 Å². The predicted molar refractivity (Wildman–Crippen MR) is 74.8 cm³/mol. The second kappa shape index (κ2) is 6.95. The number of anilines is 3. The molecule has 0 saturated carbocycles. The van der Waals surface area contributed by atoms with Crippen molar-refractivity contribution in [1.82, 2.24) is 15.0 Å². The largest absolute Gasteiger partial charge is 0.347 e. The number of nitrogens with zero attached hydrogens (tertiary/aromatic N) is 5. The molecule has 18 heavy (non-hydrogen) atoms. The minimum atomic E-state index is 0.388. The fourth-order valence-corrected chi connectivity index (χ4v) is 1.51. The predicted octanol–water partition coefficient (Wildman–Crippen LogP) is 0.850. The lowest BCUT2D eigenvalue weighted by atomic mass is 10.3. The van der Waals surface area contributed by atoms with Crippen molar-refractivity contribution in [2.24, 2.45) is 5.84 Å². The average molecular weight is 253 g/mol. The molecule has 0 bridgehead atoms. The normalized spacial score (nSPS) is 10.3. The van der Waals surface area contributed by atoms with E-state index in [0.717, 1.165) is 25.9 Å². The van der Waals surface area contributed by atoms with Gasteiger partial charge < -0.3 is 9.80 Å². The summed E-state index contributed by atoms with van der Waals surface area (Å²) in [6.45, 7) is 6.05. The summed E-state index contributed by atoms with van der Waals surface area (Å²) in [7, 11) is 3.78. The van der Waals surface area contributed by atoms with E-state index in [4.69, 9.17) is 5.84 Å². The smallest absolute Gasteiger partial charge is 0.243 e. The maximum Gasteiger partial charge on any atom is 0.243 e. The molecule has 1 heterocycles. The molecule has 0 aromatic carbocycles. The maximum absolute atomic E-state index is 5.39. The van der Waals surface area contributed by atoms with E-state index >= 15 is 0 Å². The van der Waals surface area contributed by atoms with Gasteiger partial charge in [0.15, 0.2) is 0 Å². The number of hydrazine groups is 1. The fourth-order valence-electron chi connectivity index (χ4n) is 1.51. The Morgan fingerprint density at radius 1 is 1.11 bits per heavy atom. The Bertz CT molecular complexity index is 366. The third-order valence-electron chi connectivity index (χ3n) is 2.59. The fraction of sp³-hybridized carbons (Fsp3) is 0.727. The van der Waals surface area contributed by atoms with E-state index in [1.54, 1.807) is 0 Å². The van der Waals surface area contributed by atoms with Crippen molar-refractivity contribution >= 4 is 17.8 Å². The van der Waals surface area contributed by atoms with Crippen molar-refractivity contribution in [3.63, 3.8) is 0 Å². The highest BCUT2D eigenvalue weighted by atomic mass is 15.4. The molecule has 1 rings (SSSR count). The molecule has 0 spiro atoms. The molecule has 1 aromatic rings. The second-order valence-corrected chi connectivity index (χ2v) is 4.23. The Morgan fingerprint density at radius 2 is 1.78 bits per heavy atom. The molecule has 0 fully saturated rings. The number of rotatable bonds is 7. The van der Waals surface area contributed by atoms with Gasteiger partial charge in [0.1, 0.15) is 0 Å². The molecule has 0 radical (unpaired) electrons. The standard InChI is InChI=1S/C11H23N7/c1-5-7-8-18(6-2)11-14-9(16-12)13-10(15-11)17(3)4/h5-8,12H2,1-4H3,(H,13,14,15,16). The van der Waals surface area contributed by atoms with Gasteiger partial charge in [-0.15, -0.1) is 0 Å². The van der Waals surface area contributed by atoms with E-state index in [1.165, 1.54) is 0 Å². The molecule has 102 valence electrons. The molecule has 0 aliphatic rings. The van der Waals surface area contributed by atoms with E-state index in [2.05, 4.69) is 39.1 Å². The molecule has 0 aliphatic heterocycles. The Morgan fingerprint density at radius 3 is 2.28 bits per heavy atom. The minimum Gasteiger partial charge on any atom is -0.347 e. The van der Waals surface area contributed by atoms with Gasteiger partial charge in [0.25, 0.3) is 0 Å². The van der Waals surface area contributed by atoms with Crippen molar-refractivity contribution in [3.05, 3.63) is 0 Å². The van der Waals surface area contributed by atoms with Crippen LogP contribution in [-0.4, -0.2) is 42.1 Å². The number of nitrogen functional groups attached to an aromatic ring is 1. The molecule has 0 amide bonds. The molecular formula is C11H23N7. The van der Waals surface area contributed by atoms with Crippen molar-refractivity contribution < 1.29 is 0 Å². The zero-order chi connectivity index (χ0) is 13.5. The molecule has 3 N–H and O–H groups in total.